The van der Waals surface area contributed by atoms with E-state index in [1.807, 2.05) is 43.0 Å². The zero-order valence-corrected chi connectivity index (χ0v) is 13.6. The van der Waals surface area contributed by atoms with Gasteiger partial charge < -0.3 is 15.4 Å². The summed E-state index contributed by atoms with van der Waals surface area (Å²) in [5, 5.41) is 0. The third-order valence-corrected chi connectivity index (χ3v) is 3.81. The van der Waals surface area contributed by atoms with Crippen molar-refractivity contribution in [2.75, 3.05) is 39.3 Å². The Labute approximate surface area is 133 Å². The summed E-state index contributed by atoms with van der Waals surface area (Å²) < 4.78 is 5.60. The van der Waals surface area contributed by atoms with Crippen LogP contribution in [0.2, 0.25) is 0 Å². The fraction of sp³-hybridized carbons (Fsp3) is 0.588. The van der Waals surface area contributed by atoms with Crippen molar-refractivity contribution in [2.24, 2.45) is 5.73 Å². The molecule has 0 radical (unpaired) electrons. The number of carbonyl (C=O) groups excluding carboxylic acids is 1. The first-order valence-electron chi connectivity index (χ1n) is 8.08. The summed E-state index contributed by atoms with van der Waals surface area (Å²) in [5.41, 5.74) is 6.27. The van der Waals surface area contributed by atoms with Crippen LogP contribution >= 0.6 is 0 Å². The zero-order chi connectivity index (χ0) is 15.9. The van der Waals surface area contributed by atoms with E-state index in [2.05, 4.69) is 4.90 Å². The maximum absolute atomic E-state index is 12.5. The normalized spacial score (nSPS) is 16.1. The molecule has 1 amide bonds. The van der Waals surface area contributed by atoms with E-state index in [0.717, 1.165) is 57.0 Å². The van der Waals surface area contributed by atoms with Crippen LogP contribution in [0.4, 0.5) is 0 Å². The minimum Gasteiger partial charge on any atom is -0.491 e. The van der Waals surface area contributed by atoms with Crippen LogP contribution in [0.1, 0.15) is 30.6 Å². The molecule has 0 spiro atoms. The lowest BCUT2D eigenvalue weighted by Crippen LogP contribution is -2.49. The van der Waals surface area contributed by atoms with Crippen LogP contribution in [0, 0.1) is 0 Å². The molecule has 122 valence electrons. The predicted molar refractivity (Wildman–Crippen MR) is 88.2 cm³/mol. The smallest absolute Gasteiger partial charge is 0.253 e. The van der Waals surface area contributed by atoms with Crippen LogP contribution in [0.25, 0.3) is 0 Å². The summed E-state index contributed by atoms with van der Waals surface area (Å²) in [6.45, 7) is 9.16. The highest BCUT2D eigenvalue weighted by Gasteiger charge is 2.21. The van der Waals surface area contributed by atoms with Gasteiger partial charge in [-0.2, -0.15) is 0 Å². The Balaban J connectivity index is 1.87. The summed E-state index contributed by atoms with van der Waals surface area (Å²) in [6.07, 6.45) is 1.16. The highest BCUT2D eigenvalue weighted by Crippen LogP contribution is 2.16. The van der Waals surface area contributed by atoms with Crippen molar-refractivity contribution in [3.8, 4) is 5.75 Å². The Bertz CT molecular complexity index is 465. The van der Waals surface area contributed by atoms with Gasteiger partial charge in [0.2, 0.25) is 0 Å². The van der Waals surface area contributed by atoms with Gasteiger partial charge in [-0.3, -0.25) is 9.69 Å². The molecule has 0 unspecified atom stereocenters. The van der Waals surface area contributed by atoms with E-state index >= 15 is 0 Å². The number of hydrogen-bond acceptors (Lipinski definition) is 4. The van der Waals surface area contributed by atoms with Gasteiger partial charge in [-0.05, 0) is 57.6 Å². The molecule has 1 heterocycles. The van der Waals surface area contributed by atoms with Gasteiger partial charge in [-0.1, -0.05) is 0 Å². The first-order chi connectivity index (χ1) is 10.6. The second-order valence-corrected chi connectivity index (χ2v) is 5.97. The molecule has 1 saturated heterocycles. The second kappa shape index (κ2) is 8.15. The van der Waals surface area contributed by atoms with E-state index in [-0.39, 0.29) is 12.0 Å². The average molecular weight is 305 g/mol. The number of benzene rings is 1. The standard InChI is InChI=1S/C17H27N3O2/c1-14(2)22-16-6-4-15(5-7-16)17(21)20-12-10-19(11-13-20)9-3-8-18/h4-7,14H,3,8-13,18H2,1-2H3. The summed E-state index contributed by atoms with van der Waals surface area (Å²) >= 11 is 0. The average Bonchev–Trinajstić information content (AvgIpc) is 2.53. The Hall–Kier alpha value is -1.59. The van der Waals surface area contributed by atoms with Gasteiger partial charge in [-0.15, -0.1) is 0 Å². The SMILES string of the molecule is CC(C)Oc1ccc(C(=O)N2CCN(CCCN)CC2)cc1. The van der Waals surface area contributed by atoms with Crippen LogP contribution in [-0.2, 0) is 0 Å². The fourth-order valence-electron chi connectivity index (χ4n) is 2.62. The number of ether oxygens (including phenoxy) is 1. The maximum Gasteiger partial charge on any atom is 0.253 e. The molecule has 5 nitrogen and oxygen atoms in total. The van der Waals surface area contributed by atoms with E-state index in [1.165, 1.54) is 0 Å². The molecule has 0 saturated carbocycles. The lowest BCUT2D eigenvalue weighted by molar-refractivity contribution is 0.0636. The first kappa shape index (κ1) is 16.8. The van der Waals surface area contributed by atoms with Gasteiger partial charge in [0.15, 0.2) is 0 Å². The van der Waals surface area contributed by atoms with Gasteiger partial charge >= 0.3 is 0 Å². The number of hydrogen-bond donors (Lipinski definition) is 1. The molecule has 22 heavy (non-hydrogen) atoms. The van der Waals surface area contributed by atoms with Gasteiger partial charge in [-0.25, -0.2) is 0 Å². The summed E-state index contributed by atoms with van der Waals surface area (Å²) in [4.78, 5) is 16.8. The number of amides is 1. The third kappa shape index (κ3) is 4.71. The van der Waals surface area contributed by atoms with Crippen LogP contribution in [0.15, 0.2) is 24.3 Å². The lowest BCUT2D eigenvalue weighted by Gasteiger charge is -2.34. The molecule has 2 N–H and O–H groups in total. The minimum atomic E-state index is 0.106. The maximum atomic E-state index is 12.5. The molecular weight excluding hydrogens is 278 g/mol. The summed E-state index contributed by atoms with van der Waals surface area (Å²) in [7, 11) is 0. The van der Waals surface area contributed by atoms with E-state index in [0.29, 0.717) is 0 Å². The molecule has 0 atom stereocenters. The highest BCUT2D eigenvalue weighted by molar-refractivity contribution is 5.94. The summed E-state index contributed by atoms with van der Waals surface area (Å²) in [5.74, 6) is 0.910. The topological polar surface area (TPSA) is 58.8 Å². The van der Waals surface area contributed by atoms with Crippen molar-refractivity contribution >= 4 is 5.91 Å². The minimum absolute atomic E-state index is 0.106. The van der Waals surface area contributed by atoms with Gasteiger partial charge in [0, 0.05) is 31.7 Å². The van der Waals surface area contributed by atoms with Crippen molar-refractivity contribution < 1.29 is 9.53 Å². The zero-order valence-electron chi connectivity index (χ0n) is 13.6. The largest absolute Gasteiger partial charge is 0.491 e. The Kier molecular flexibility index (Phi) is 6.21. The van der Waals surface area contributed by atoms with Crippen molar-refractivity contribution in [1.29, 1.82) is 0 Å². The van der Waals surface area contributed by atoms with Gasteiger partial charge in [0.05, 0.1) is 6.10 Å². The van der Waals surface area contributed by atoms with Crippen LogP contribution in [0.3, 0.4) is 0 Å². The Morgan fingerprint density at radius 2 is 1.82 bits per heavy atom. The van der Waals surface area contributed by atoms with E-state index in [9.17, 15) is 4.79 Å². The lowest BCUT2D eigenvalue weighted by atomic mass is 10.1. The van der Waals surface area contributed by atoms with Crippen LogP contribution < -0.4 is 10.5 Å². The second-order valence-electron chi connectivity index (χ2n) is 5.97. The molecule has 1 fully saturated rings. The number of piperazine rings is 1. The van der Waals surface area contributed by atoms with E-state index in [1.54, 1.807) is 0 Å². The monoisotopic (exact) mass is 305 g/mol. The predicted octanol–water partition coefficient (Wildman–Crippen LogP) is 1.58. The molecule has 1 aliphatic heterocycles. The molecule has 1 aliphatic rings. The fourth-order valence-corrected chi connectivity index (χ4v) is 2.62. The molecular formula is C17H27N3O2. The highest BCUT2D eigenvalue weighted by atomic mass is 16.5. The van der Waals surface area contributed by atoms with Crippen molar-refractivity contribution in [3.05, 3.63) is 29.8 Å². The molecule has 1 aromatic carbocycles. The Morgan fingerprint density at radius 1 is 1.18 bits per heavy atom. The molecule has 0 aromatic heterocycles. The van der Waals surface area contributed by atoms with Gasteiger partial charge in [0.25, 0.3) is 5.91 Å². The van der Waals surface area contributed by atoms with Gasteiger partial charge in [0.1, 0.15) is 5.75 Å². The number of carbonyl (C=O) groups is 1. The molecule has 5 heteroatoms. The number of nitrogens with two attached hydrogens (primary N) is 1. The quantitative estimate of drug-likeness (QED) is 0.867. The van der Waals surface area contributed by atoms with Crippen molar-refractivity contribution in [1.82, 2.24) is 9.80 Å². The number of nitrogens with zero attached hydrogens (tertiary/aromatic N) is 2. The van der Waals surface area contributed by atoms with Crippen LogP contribution in [0.5, 0.6) is 5.75 Å². The molecule has 2 rings (SSSR count). The number of rotatable bonds is 6. The molecule has 0 bridgehead atoms. The summed E-state index contributed by atoms with van der Waals surface area (Å²) in [6, 6.07) is 7.43. The van der Waals surface area contributed by atoms with Crippen molar-refractivity contribution in [2.45, 2.75) is 26.4 Å². The van der Waals surface area contributed by atoms with Crippen molar-refractivity contribution in [3.63, 3.8) is 0 Å². The van der Waals surface area contributed by atoms with E-state index < -0.39 is 0 Å². The van der Waals surface area contributed by atoms with E-state index in [4.69, 9.17) is 10.5 Å². The van der Waals surface area contributed by atoms with Crippen LogP contribution in [-0.4, -0.2) is 61.1 Å². The third-order valence-electron chi connectivity index (χ3n) is 3.81. The Morgan fingerprint density at radius 3 is 2.36 bits per heavy atom. The molecule has 0 aliphatic carbocycles. The molecule has 1 aromatic rings. The first-order valence-corrected chi connectivity index (χ1v) is 8.08.